The van der Waals surface area contributed by atoms with Crippen LogP contribution in [0.5, 0.6) is 0 Å². The molecule has 21 heavy (non-hydrogen) atoms. The number of aliphatic hydroxyl groups excluding tert-OH is 1. The zero-order valence-corrected chi connectivity index (χ0v) is 12.6. The molecule has 0 radical (unpaired) electrons. The van der Waals surface area contributed by atoms with Gasteiger partial charge in [-0.15, -0.1) is 0 Å². The predicted molar refractivity (Wildman–Crippen MR) is 83.2 cm³/mol. The van der Waals surface area contributed by atoms with Crippen molar-refractivity contribution in [3.05, 3.63) is 35.4 Å². The molecular formula is C16H25N3O2. The SMILES string of the molecule is Cc1ccccc1C1CC(NC(=O)N(CCN)CCO)C1. The fraction of sp³-hybridized carbons (Fsp3) is 0.562. The Morgan fingerprint density at radius 1 is 1.38 bits per heavy atom. The number of amides is 2. The van der Waals surface area contributed by atoms with Gasteiger partial charge in [0, 0.05) is 25.7 Å². The van der Waals surface area contributed by atoms with Gasteiger partial charge >= 0.3 is 6.03 Å². The summed E-state index contributed by atoms with van der Waals surface area (Å²) in [5.41, 5.74) is 8.19. The van der Waals surface area contributed by atoms with E-state index >= 15 is 0 Å². The summed E-state index contributed by atoms with van der Waals surface area (Å²) in [5, 5.41) is 12.0. The third-order valence-electron chi connectivity index (χ3n) is 4.15. The molecular weight excluding hydrogens is 266 g/mol. The summed E-state index contributed by atoms with van der Waals surface area (Å²) in [6.45, 7) is 3.30. The van der Waals surface area contributed by atoms with Crippen molar-refractivity contribution in [3.63, 3.8) is 0 Å². The number of nitrogens with one attached hydrogen (secondary N) is 1. The van der Waals surface area contributed by atoms with Gasteiger partial charge in [-0.3, -0.25) is 0 Å². The molecule has 1 fully saturated rings. The normalized spacial score (nSPS) is 20.7. The van der Waals surface area contributed by atoms with Gasteiger partial charge in [-0.2, -0.15) is 0 Å². The maximum Gasteiger partial charge on any atom is 0.317 e. The minimum Gasteiger partial charge on any atom is -0.395 e. The number of carbonyl (C=O) groups excluding carboxylic acids is 1. The number of carbonyl (C=O) groups is 1. The standard InChI is InChI=1S/C16H25N3O2/c1-12-4-2-3-5-15(12)13-10-14(11-13)18-16(21)19(7-6-17)8-9-20/h2-5,13-14,20H,6-11,17H2,1H3,(H,18,21). The van der Waals surface area contributed by atoms with Crippen LogP contribution >= 0.6 is 0 Å². The molecule has 2 amide bonds. The maximum absolute atomic E-state index is 12.1. The van der Waals surface area contributed by atoms with Gasteiger partial charge in [-0.25, -0.2) is 4.79 Å². The highest BCUT2D eigenvalue weighted by Gasteiger charge is 2.32. The smallest absolute Gasteiger partial charge is 0.317 e. The van der Waals surface area contributed by atoms with Crippen molar-refractivity contribution in [2.45, 2.75) is 31.7 Å². The first kappa shape index (κ1) is 15.8. The monoisotopic (exact) mass is 291 g/mol. The largest absolute Gasteiger partial charge is 0.395 e. The Balaban J connectivity index is 1.82. The van der Waals surface area contributed by atoms with Crippen molar-refractivity contribution < 1.29 is 9.90 Å². The van der Waals surface area contributed by atoms with E-state index in [1.54, 1.807) is 4.90 Å². The molecule has 0 saturated heterocycles. The van der Waals surface area contributed by atoms with E-state index in [4.69, 9.17) is 10.8 Å². The number of benzene rings is 1. The zero-order valence-electron chi connectivity index (χ0n) is 12.6. The Morgan fingerprint density at radius 3 is 2.71 bits per heavy atom. The fourth-order valence-electron chi connectivity index (χ4n) is 2.89. The molecule has 1 aliphatic rings. The van der Waals surface area contributed by atoms with Crippen LogP contribution in [0.25, 0.3) is 0 Å². The second-order valence-corrected chi connectivity index (χ2v) is 5.67. The lowest BCUT2D eigenvalue weighted by atomic mass is 9.74. The summed E-state index contributed by atoms with van der Waals surface area (Å²) >= 11 is 0. The third-order valence-corrected chi connectivity index (χ3v) is 4.15. The number of aryl methyl sites for hydroxylation is 1. The van der Waals surface area contributed by atoms with Crippen LogP contribution in [0.15, 0.2) is 24.3 Å². The first-order valence-electron chi connectivity index (χ1n) is 7.57. The van der Waals surface area contributed by atoms with Gasteiger partial charge in [0.1, 0.15) is 0 Å². The number of urea groups is 1. The van der Waals surface area contributed by atoms with Gasteiger partial charge < -0.3 is 21.1 Å². The second kappa shape index (κ2) is 7.43. The van der Waals surface area contributed by atoms with Crippen LogP contribution in [0.3, 0.4) is 0 Å². The lowest BCUT2D eigenvalue weighted by Crippen LogP contribution is -2.51. The number of rotatable bonds is 6. The number of hydrogen-bond acceptors (Lipinski definition) is 3. The molecule has 1 aromatic rings. The first-order chi connectivity index (χ1) is 10.2. The minimum absolute atomic E-state index is 0.0378. The molecule has 0 heterocycles. The molecule has 0 unspecified atom stereocenters. The van der Waals surface area contributed by atoms with Crippen molar-refractivity contribution in [1.29, 1.82) is 0 Å². The molecule has 4 N–H and O–H groups in total. The van der Waals surface area contributed by atoms with E-state index in [2.05, 4.69) is 36.5 Å². The topological polar surface area (TPSA) is 78.6 Å². The molecule has 116 valence electrons. The van der Waals surface area contributed by atoms with Crippen LogP contribution in [0, 0.1) is 6.92 Å². The fourth-order valence-corrected chi connectivity index (χ4v) is 2.89. The lowest BCUT2D eigenvalue weighted by Gasteiger charge is -2.38. The van der Waals surface area contributed by atoms with Gasteiger partial charge in [0.2, 0.25) is 0 Å². The van der Waals surface area contributed by atoms with E-state index < -0.39 is 0 Å². The highest BCUT2D eigenvalue weighted by Crippen LogP contribution is 2.38. The Hall–Kier alpha value is -1.59. The molecule has 0 aliphatic heterocycles. The van der Waals surface area contributed by atoms with Gasteiger partial charge in [0.15, 0.2) is 0 Å². The minimum atomic E-state index is -0.122. The van der Waals surface area contributed by atoms with Crippen molar-refractivity contribution >= 4 is 6.03 Å². The molecule has 0 atom stereocenters. The van der Waals surface area contributed by atoms with Crippen LogP contribution in [-0.4, -0.2) is 48.3 Å². The number of hydrogen-bond donors (Lipinski definition) is 3. The Kier molecular flexibility index (Phi) is 5.59. The summed E-state index contributed by atoms with van der Waals surface area (Å²) in [4.78, 5) is 13.7. The molecule has 2 rings (SSSR count). The quantitative estimate of drug-likeness (QED) is 0.737. The highest BCUT2D eigenvalue weighted by atomic mass is 16.3. The van der Waals surface area contributed by atoms with E-state index in [-0.39, 0.29) is 18.7 Å². The summed E-state index contributed by atoms with van der Waals surface area (Å²) < 4.78 is 0. The third kappa shape index (κ3) is 3.95. The van der Waals surface area contributed by atoms with Crippen molar-refractivity contribution in [1.82, 2.24) is 10.2 Å². The van der Waals surface area contributed by atoms with E-state index in [1.807, 2.05) is 0 Å². The van der Waals surface area contributed by atoms with Crippen LogP contribution in [0.1, 0.15) is 29.9 Å². The molecule has 0 aromatic heterocycles. The molecule has 0 spiro atoms. The van der Waals surface area contributed by atoms with Crippen molar-refractivity contribution in [3.8, 4) is 0 Å². The Morgan fingerprint density at radius 2 is 2.10 bits per heavy atom. The van der Waals surface area contributed by atoms with E-state index in [0.29, 0.717) is 25.6 Å². The summed E-state index contributed by atoms with van der Waals surface area (Å²) in [6.07, 6.45) is 1.96. The number of nitrogens with two attached hydrogens (primary N) is 1. The number of nitrogens with zero attached hydrogens (tertiary/aromatic N) is 1. The molecule has 0 bridgehead atoms. The van der Waals surface area contributed by atoms with E-state index in [0.717, 1.165) is 12.8 Å². The van der Waals surface area contributed by atoms with E-state index in [9.17, 15) is 4.79 Å². The van der Waals surface area contributed by atoms with Gasteiger partial charge in [0.25, 0.3) is 0 Å². The molecule has 1 aliphatic carbocycles. The van der Waals surface area contributed by atoms with Crippen LogP contribution in [0.4, 0.5) is 4.79 Å². The molecule has 1 saturated carbocycles. The van der Waals surface area contributed by atoms with Crippen molar-refractivity contribution in [2.75, 3.05) is 26.2 Å². The second-order valence-electron chi connectivity index (χ2n) is 5.67. The van der Waals surface area contributed by atoms with Crippen molar-refractivity contribution in [2.24, 2.45) is 5.73 Å². The van der Waals surface area contributed by atoms with Crippen LogP contribution < -0.4 is 11.1 Å². The summed E-state index contributed by atoms with van der Waals surface area (Å²) in [5.74, 6) is 0.539. The predicted octanol–water partition coefficient (Wildman–Crippen LogP) is 1.20. The van der Waals surface area contributed by atoms with Gasteiger partial charge in [0.05, 0.1) is 6.61 Å². The summed E-state index contributed by atoms with van der Waals surface area (Å²) in [7, 11) is 0. The summed E-state index contributed by atoms with van der Waals surface area (Å²) in [6, 6.07) is 8.52. The lowest BCUT2D eigenvalue weighted by molar-refractivity contribution is 0.167. The maximum atomic E-state index is 12.1. The van der Waals surface area contributed by atoms with E-state index in [1.165, 1.54) is 11.1 Å². The highest BCUT2D eigenvalue weighted by molar-refractivity contribution is 5.74. The number of aliphatic hydroxyl groups is 1. The molecule has 5 nitrogen and oxygen atoms in total. The Labute approximate surface area is 126 Å². The van der Waals surface area contributed by atoms with Gasteiger partial charge in [-0.1, -0.05) is 24.3 Å². The van der Waals surface area contributed by atoms with Crippen LogP contribution in [0.2, 0.25) is 0 Å². The zero-order chi connectivity index (χ0) is 15.2. The Bertz CT molecular complexity index is 466. The van der Waals surface area contributed by atoms with Gasteiger partial charge in [-0.05, 0) is 36.8 Å². The van der Waals surface area contributed by atoms with Crippen LogP contribution in [-0.2, 0) is 0 Å². The average molecular weight is 291 g/mol. The average Bonchev–Trinajstić information content (AvgIpc) is 2.43. The first-order valence-corrected chi connectivity index (χ1v) is 7.57. The molecule has 1 aromatic carbocycles. The molecule has 5 heteroatoms.